The number of carbonyl (C=O) groups is 2. The molecule has 1 fully saturated rings. The summed E-state index contributed by atoms with van der Waals surface area (Å²) in [5.41, 5.74) is -3.68. The molecule has 0 aliphatic heterocycles. The minimum atomic E-state index is -5.01. The number of nitrogens with one attached hydrogen (secondary N) is 2. The third kappa shape index (κ3) is 6.57. The van der Waals surface area contributed by atoms with E-state index in [2.05, 4.69) is 15.5 Å². The monoisotopic (exact) mass is 464 g/mol. The van der Waals surface area contributed by atoms with Crippen LogP contribution in [0.15, 0.2) is 35.4 Å². The standard InChI is InChI=1S/C18H14F6N4O2S/c19-17(20,21)10-5-11(18(22,23)24)7-12(6-10)25-14(29)8-31-15-4-3-13(27-28-15)26-16(30)9-1-2-9/h3-7,9H,1-2,8H2,(H,25,29)(H,26,27,30). The van der Waals surface area contributed by atoms with Gasteiger partial charge in [0, 0.05) is 11.6 Å². The summed E-state index contributed by atoms with van der Waals surface area (Å²) in [6, 6.07) is 3.77. The predicted octanol–water partition coefficient (Wildman–Crippen LogP) is 4.59. The average molecular weight is 464 g/mol. The van der Waals surface area contributed by atoms with E-state index in [4.69, 9.17) is 0 Å². The summed E-state index contributed by atoms with van der Waals surface area (Å²) in [6.45, 7) is 0. The SMILES string of the molecule is O=C(CSc1ccc(NC(=O)C2CC2)nn1)Nc1cc(C(F)(F)F)cc(C(F)(F)F)c1. The molecule has 0 spiro atoms. The lowest BCUT2D eigenvalue weighted by atomic mass is 10.1. The molecule has 6 nitrogen and oxygen atoms in total. The number of amides is 2. The van der Waals surface area contributed by atoms with E-state index in [1.165, 1.54) is 12.1 Å². The topological polar surface area (TPSA) is 84.0 Å². The molecule has 166 valence electrons. The number of aromatic nitrogens is 2. The molecule has 1 saturated carbocycles. The Bertz CT molecular complexity index is 942. The molecule has 0 atom stereocenters. The van der Waals surface area contributed by atoms with Crippen molar-refractivity contribution in [3.63, 3.8) is 0 Å². The number of rotatable bonds is 6. The van der Waals surface area contributed by atoms with Gasteiger partial charge in [0.2, 0.25) is 11.8 Å². The highest BCUT2D eigenvalue weighted by atomic mass is 32.2. The minimum Gasteiger partial charge on any atom is -0.325 e. The van der Waals surface area contributed by atoms with Crippen molar-refractivity contribution in [2.75, 3.05) is 16.4 Å². The van der Waals surface area contributed by atoms with Crippen LogP contribution in [-0.4, -0.2) is 27.8 Å². The predicted molar refractivity (Wildman–Crippen MR) is 99.2 cm³/mol. The van der Waals surface area contributed by atoms with Crippen LogP contribution >= 0.6 is 11.8 Å². The van der Waals surface area contributed by atoms with Crippen LogP contribution in [0.5, 0.6) is 0 Å². The number of thioether (sulfide) groups is 1. The molecule has 2 aromatic rings. The van der Waals surface area contributed by atoms with Crippen LogP contribution in [0, 0.1) is 5.92 Å². The second-order valence-corrected chi connectivity index (χ2v) is 7.65. The second-order valence-electron chi connectivity index (χ2n) is 6.65. The van der Waals surface area contributed by atoms with Crippen molar-refractivity contribution in [2.24, 2.45) is 5.92 Å². The first-order valence-corrected chi connectivity index (χ1v) is 9.77. The van der Waals surface area contributed by atoms with Gasteiger partial charge in [0.05, 0.1) is 16.9 Å². The first-order valence-electron chi connectivity index (χ1n) is 8.78. The van der Waals surface area contributed by atoms with Gasteiger partial charge in [0.1, 0.15) is 5.03 Å². The van der Waals surface area contributed by atoms with Gasteiger partial charge in [0.15, 0.2) is 5.82 Å². The lowest BCUT2D eigenvalue weighted by molar-refractivity contribution is -0.143. The number of nitrogens with zero attached hydrogens (tertiary/aromatic N) is 2. The fourth-order valence-corrected chi connectivity index (χ4v) is 3.02. The van der Waals surface area contributed by atoms with E-state index in [1.54, 1.807) is 0 Å². The zero-order chi connectivity index (χ0) is 22.8. The van der Waals surface area contributed by atoms with Crippen LogP contribution in [0.3, 0.4) is 0 Å². The van der Waals surface area contributed by atoms with Crippen molar-refractivity contribution in [2.45, 2.75) is 30.2 Å². The van der Waals surface area contributed by atoms with Crippen molar-refractivity contribution in [3.8, 4) is 0 Å². The van der Waals surface area contributed by atoms with Crippen LogP contribution in [-0.2, 0) is 21.9 Å². The summed E-state index contributed by atoms with van der Waals surface area (Å²) in [5, 5.41) is 12.5. The first kappa shape index (κ1) is 22.8. The Kier molecular flexibility index (Phi) is 6.43. The number of anilines is 2. The van der Waals surface area contributed by atoms with Gasteiger partial charge in [-0.2, -0.15) is 26.3 Å². The Morgan fingerprint density at radius 2 is 1.55 bits per heavy atom. The summed E-state index contributed by atoms with van der Waals surface area (Å²) in [5.74, 6) is -1.11. The maximum absolute atomic E-state index is 12.9. The number of hydrogen-bond acceptors (Lipinski definition) is 5. The molecule has 1 aromatic carbocycles. The lowest BCUT2D eigenvalue weighted by Gasteiger charge is -2.14. The number of benzene rings is 1. The maximum atomic E-state index is 12.9. The highest BCUT2D eigenvalue weighted by Gasteiger charge is 2.37. The Hall–Kier alpha value is -2.83. The first-order chi connectivity index (χ1) is 14.4. The Morgan fingerprint density at radius 1 is 0.935 bits per heavy atom. The molecule has 1 heterocycles. The Balaban J connectivity index is 1.60. The Labute approximate surface area is 175 Å². The van der Waals surface area contributed by atoms with E-state index >= 15 is 0 Å². The molecule has 3 rings (SSSR count). The summed E-state index contributed by atoms with van der Waals surface area (Å²) in [4.78, 5) is 23.6. The number of hydrogen-bond donors (Lipinski definition) is 2. The zero-order valence-electron chi connectivity index (χ0n) is 15.5. The van der Waals surface area contributed by atoms with Crippen molar-refractivity contribution in [1.82, 2.24) is 10.2 Å². The fourth-order valence-electron chi connectivity index (χ4n) is 2.40. The summed E-state index contributed by atoms with van der Waals surface area (Å²) in [6.07, 6.45) is -8.39. The third-order valence-corrected chi connectivity index (χ3v) is 4.98. The molecule has 1 aliphatic carbocycles. The molecule has 0 radical (unpaired) electrons. The molecular weight excluding hydrogens is 450 g/mol. The van der Waals surface area contributed by atoms with Gasteiger partial charge in [0.25, 0.3) is 0 Å². The van der Waals surface area contributed by atoms with E-state index in [0.29, 0.717) is 12.1 Å². The van der Waals surface area contributed by atoms with Crippen molar-refractivity contribution < 1.29 is 35.9 Å². The smallest absolute Gasteiger partial charge is 0.325 e. The number of alkyl halides is 6. The van der Waals surface area contributed by atoms with Crippen molar-refractivity contribution in [3.05, 3.63) is 41.5 Å². The van der Waals surface area contributed by atoms with Crippen molar-refractivity contribution >= 4 is 35.1 Å². The van der Waals surface area contributed by atoms with Gasteiger partial charge in [-0.3, -0.25) is 9.59 Å². The molecule has 1 aliphatic rings. The molecular formula is C18H14F6N4O2S. The van der Waals surface area contributed by atoms with Gasteiger partial charge in [-0.05, 0) is 43.2 Å². The van der Waals surface area contributed by atoms with Gasteiger partial charge in [-0.15, -0.1) is 10.2 Å². The van der Waals surface area contributed by atoms with Crippen LogP contribution in [0.4, 0.5) is 37.8 Å². The van der Waals surface area contributed by atoms with Gasteiger partial charge < -0.3 is 10.6 Å². The van der Waals surface area contributed by atoms with E-state index in [-0.39, 0.29) is 34.5 Å². The van der Waals surface area contributed by atoms with E-state index in [1.807, 2.05) is 5.32 Å². The molecule has 0 unspecified atom stereocenters. The molecule has 0 bridgehead atoms. The van der Waals surface area contributed by atoms with Crippen LogP contribution in [0.25, 0.3) is 0 Å². The van der Waals surface area contributed by atoms with E-state index in [9.17, 15) is 35.9 Å². The highest BCUT2D eigenvalue weighted by molar-refractivity contribution is 7.99. The van der Waals surface area contributed by atoms with Gasteiger partial charge in [-0.1, -0.05) is 11.8 Å². The zero-order valence-corrected chi connectivity index (χ0v) is 16.3. The van der Waals surface area contributed by atoms with Crippen LogP contribution in [0.2, 0.25) is 0 Å². The normalized spacial score (nSPS) is 14.3. The van der Waals surface area contributed by atoms with E-state index in [0.717, 1.165) is 24.6 Å². The minimum absolute atomic E-state index is 0.0201. The molecule has 1 aromatic heterocycles. The molecule has 31 heavy (non-hydrogen) atoms. The highest BCUT2D eigenvalue weighted by Crippen LogP contribution is 2.37. The Morgan fingerprint density at radius 3 is 2.03 bits per heavy atom. The molecule has 2 amide bonds. The van der Waals surface area contributed by atoms with Crippen LogP contribution in [0.1, 0.15) is 24.0 Å². The lowest BCUT2D eigenvalue weighted by Crippen LogP contribution is -2.17. The quantitative estimate of drug-likeness (QED) is 0.483. The third-order valence-electron chi connectivity index (χ3n) is 4.06. The fraction of sp³-hybridized carbons (Fsp3) is 0.333. The van der Waals surface area contributed by atoms with Gasteiger partial charge in [-0.25, -0.2) is 0 Å². The van der Waals surface area contributed by atoms with Gasteiger partial charge >= 0.3 is 12.4 Å². The average Bonchev–Trinajstić information content (AvgIpc) is 3.51. The molecule has 2 N–H and O–H groups in total. The number of carbonyl (C=O) groups excluding carboxylic acids is 2. The summed E-state index contributed by atoms with van der Waals surface area (Å²) in [7, 11) is 0. The largest absolute Gasteiger partial charge is 0.416 e. The summed E-state index contributed by atoms with van der Waals surface area (Å²) < 4.78 is 77.3. The number of halogens is 6. The van der Waals surface area contributed by atoms with Crippen LogP contribution < -0.4 is 10.6 Å². The second kappa shape index (κ2) is 8.73. The maximum Gasteiger partial charge on any atom is 0.416 e. The van der Waals surface area contributed by atoms with Crippen molar-refractivity contribution in [1.29, 1.82) is 0 Å². The molecule has 13 heteroatoms. The summed E-state index contributed by atoms with van der Waals surface area (Å²) >= 11 is 0.871. The van der Waals surface area contributed by atoms with E-state index < -0.39 is 35.1 Å². The molecule has 0 saturated heterocycles.